The molecule has 8 bridgehead atoms. The van der Waals surface area contributed by atoms with Gasteiger partial charge in [-0.2, -0.15) is 10.5 Å². The highest BCUT2D eigenvalue weighted by Crippen LogP contribution is 2.42. The van der Waals surface area contributed by atoms with Crippen molar-refractivity contribution < 1.29 is 8.78 Å². The van der Waals surface area contributed by atoms with Gasteiger partial charge in [-0.25, -0.2) is 18.7 Å². The lowest BCUT2D eigenvalue weighted by Gasteiger charge is -2.36. The van der Waals surface area contributed by atoms with Crippen molar-refractivity contribution in [2.45, 2.75) is 76.7 Å². The molecule has 6 aliphatic rings. The van der Waals surface area contributed by atoms with Crippen molar-refractivity contribution in [3.05, 3.63) is 59.4 Å². The molecule has 0 radical (unpaired) electrons. The summed E-state index contributed by atoms with van der Waals surface area (Å²) < 4.78 is 31.5. The number of hydrogen-bond acceptors (Lipinski definition) is 5. The zero-order valence-corrected chi connectivity index (χ0v) is 26.3. The molecule has 0 spiro atoms. The van der Waals surface area contributed by atoms with Crippen molar-refractivity contribution in [2.75, 3.05) is 54.4 Å². The van der Waals surface area contributed by atoms with Crippen molar-refractivity contribution in [1.29, 1.82) is 0 Å². The maximum atomic E-state index is 15.8. The van der Waals surface area contributed by atoms with Crippen LogP contribution in [0, 0.1) is 5.92 Å². The van der Waals surface area contributed by atoms with Crippen LogP contribution in [-0.4, -0.2) is 65.0 Å². The van der Waals surface area contributed by atoms with Crippen LogP contribution in [0.25, 0.3) is 10.9 Å². The van der Waals surface area contributed by atoms with Crippen molar-refractivity contribution in [3.63, 3.8) is 0 Å². The minimum absolute atomic E-state index is 0.133. The standard InChI is InChI=1S/C35H47F2N5S/c1-43-20-18-42(19-21-43)33-24-31-32-23-28(33)11-7-5-3-2-4-6-8-15-41-16-13-29(14-17-41)35(36,37)30-12-9-10-27(22-30)25-38-34(31)40-26-39-32/h9-10,12,22-24,26,29H,1-8,11,13-21,25H2,(H,38,39,40). The van der Waals surface area contributed by atoms with Crippen molar-refractivity contribution in [3.8, 4) is 0 Å². The van der Waals surface area contributed by atoms with E-state index in [9.17, 15) is 0 Å². The van der Waals surface area contributed by atoms with Crippen molar-refractivity contribution in [1.82, 2.24) is 14.9 Å². The van der Waals surface area contributed by atoms with Crippen LogP contribution in [0.1, 0.15) is 74.5 Å². The van der Waals surface area contributed by atoms with Crippen LogP contribution in [0.4, 0.5) is 20.3 Å². The van der Waals surface area contributed by atoms with Gasteiger partial charge >= 0.3 is 0 Å². The predicted molar refractivity (Wildman–Crippen MR) is 179 cm³/mol. The van der Waals surface area contributed by atoms with Gasteiger partial charge < -0.3 is 15.1 Å². The topological polar surface area (TPSA) is 44.3 Å². The molecule has 0 aliphatic carbocycles. The molecule has 1 aromatic heterocycles. The summed E-state index contributed by atoms with van der Waals surface area (Å²) in [7, 11) is 0.249. The third-order valence-corrected chi connectivity index (χ3v) is 11.3. The van der Waals surface area contributed by atoms with E-state index in [4.69, 9.17) is 0 Å². The van der Waals surface area contributed by atoms with Crippen LogP contribution < -0.4 is 10.2 Å². The van der Waals surface area contributed by atoms with Crippen LogP contribution in [0.5, 0.6) is 0 Å². The fourth-order valence-corrected chi connectivity index (χ4v) is 8.23. The number of piperidine rings is 1. The smallest absolute Gasteiger partial charge is 0.276 e. The Balaban J connectivity index is 1.29. The van der Waals surface area contributed by atoms with Crippen LogP contribution >= 0.6 is 10.5 Å². The van der Waals surface area contributed by atoms with E-state index < -0.39 is 11.8 Å². The van der Waals surface area contributed by atoms with Gasteiger partial charge in [0.1, 0.15) is 12.1 Å². The highest BCUT2D eigenvalue weighted by molar-refractivity contribution is 8.14. The van der Waals surface area contributed by atoms with E-state index in [2.05, 4.69) is 43.1 Å². The molecule has 9 rings (SSSR count). The molecular formula is C35H47F2N5S. The van der Waals surface area contributed by atoms with Gasteiger partial charge in [-0.3, -0.25) is 0 Å². The Morgan fingerprint density at radius 3 is 2.40 bits per heavy atom. The first-order chi connectivity index (χ1) is 21.0. The molecule has 43 heavy (non-hydrogen) atoms. The van der Waals surface area contributed by atoms with Gasteiger partial charge in [0.25, 0.3) is 5.92 Å². The Morgan fingerprint density at radius 2 is 1.60 bits per heavy atom. The lowest BCUT2D eigenvalue weighted by Crippen LogP contribution is -2.40. The van der Waals surface area contributed by atoms with Crippen molar-refractivity contribution >= 4 is 38.8 Å². The molecule has 0 saturated carbocycles. The first-order valence-electron chi connectivity index (χ1n) is 16.4. The summed E-state index contributed by atoms with van der Waals surface area (Å²) in [5, 5.41) is 4.46. The molecule has 0 unspecified atom stereocenters. The third-order valence-electron chi connectivity index (χ3n) is 9.77. The van der Waals surface area contributed by atoms with E-state index in [0.717, 1.165) is 72.9 Å². The van der Waals surface area contributed by atoms with E-state index >= 15 is 8.78 Å². The SMILES string of the molecule is C=S1CCN(c2cc3c4ncnc3cc2CCCCCCCCCN2CCC(CC2)C(F)(F)c2cccc(c2)CN4)CC1. The van der Waals surface area contributed by atoms with Gasteiger partial charge in [0.15, 0.2) is 0 Å². The number of benzene rings is 2. The monoisotopic (exact) mass is 607 g/mol. The van der Waals surface area contributed by atoms with Gasteiger partial charge in [-0.1, -0.05) is 56.2 Å². The average Bonchev–Trinajstić information content (AvgIpc) is 3.03. The molecule has 7 heterocycles. The molecule has 0 amide bonds. The fourth-order valence-electron chi connectivity index (χ4n) is 7.07. The number of aryl methyl sites for hydroxylation is 1. The summed E-state index contributed by atoms with van der Waals surface area (Å²) in [5.74, 6) is 3.91. The van der Waals surface area contributed by atoms with E-state index in [-0.39, 0.29) is 16.0 Å². The molecule has 2 saturated heterocycles. The largest absolute Gasteiger partial charge is 0.370 e. The highest BCUT2D eigenvalue weighted by atomic mass is 32.2. The normalized spacial score (nSPS) is 24.6. The number of aromatic nitrogens is 2. The molecule has 232 valence electrons. The minimum Gasteiger partial charge on any atom is -0.370 e. The molecule has 5 nitrogen and oxygen atoms in total. The second-order valence-electron chi connectivity index (χ2n) is 12.7. The Morgan fingerprint density at radius 1 is 0.860 bits per heavy atom. The zero-order chi connectivity index (χ0) is 29.6. The Hall–Kier alpha value is -2.58. The van der Waals surface area contributed by atoms with Gasteiger partial charge in [0, 0.05) is 53.7 Å². The Bertz CT molecular complexity index is 1390. The molecule has 2 fully saturated rings. The molecular weight excluding hydrogens is 560 g/mol. The summed E-state index contributed by atoms with van der Waals surface area (Å²) in [4.78, 5) is 14.2. The summed E-state index contributed by atoms with van der Waals surface area (Å²) >= 11 is 0. The van der Waals surface area contributed by atoms with Gasteiger partial charge in [-0.05, 0) is 81.1 Å². The molecule has 0 atom stereocenters. The molecule has 1 N–H and O–H groups in total. The third kappa shape index (κ3) is 7.39. The lowest BCUT2D eigenvalue weighted by molar-refractivity contribution is -0.0855. The molecule has 6 aliphatic heterocycles. The Kier molecular flexibility index (Phi) is 9.93. The lowest BCUT2D eigenvalue weighted by atomic mass is 9.86. The van der Waals surface area contributed by atoms with E-state index in [1.54, 1.807) is 24.5 Å². The van der Waals surface area contributed by atoms with Crippen LogP contribution in [0.3, 0.4) is 0 Å². The first-order valence-corrected chi connectivity index (χ1v) is 18.1. The van der Waals surface area contributed by atoms with E-state index in [1.165, 1.54) is 56.2 Å². The van der Waals surface area contributed by atoms with Crippen LogP contribution in [0.2, 0.25) is 0 Å². The number of halogens is 2. The Labute approximate surface area is 258 Å². The number of nitrogens with one attached hydrogen (secondary N) is 1. The quantitative estimate of drug-likeness (QED) is 0.286. The maximum Gasteiger partial charge on any atom is 0.276 e. The number of anilines is 2. The van der Waals surface area contributed by atoms with E-state index in [1.807, 2.05) is 6.07 Å². The molecule has 3 aromatic rings. The average molecular weight is 608 g/mol. The summed E-state index contributed by atoms with van der Waals surface area (Å²) in [5.41, 5.74) is 4.57. The minimum atomic E-state index is -2.83. The highest BCUT2D eigenvalue weighted by Gasteiger charge is 2.42. The zero-order valence-electron chi connectivity index (χ0n) is 25.5. The predicted octanol–water partition coefficient (Wildman–Crippen LogP) is 7.85. The molecule has 8 heteroatoms. The summed E-state index contributed by atoms with van der Waals surface area (Å²) in [6.07, 6.45) is 12.4. The second-order valence-corrected chi connectivity index (χ2v) is 14.8. The molecule has 2 aromatic carbocycles. The van der Waals surface area contributed by atoms with Gasteiger partial charge in [0.05, 0.1) is 5.52 Å². The van der Waals surface area contributed by atoms with Gasteiger partial charge in [-0.15, -0.1) is 0 Å². The number of hydrogen-bond donors (Lipinski definition) is 1. The first kappa shape index (κ1) is 30.4. The number of nitrogens with zero attached hydrogens (tertiary/aromatic N) is 4. The van der Waals surface area contributed by atoms with Crippen LogP contribution in [-0.2, 0) is 18.9 Å². The van der Waals surface area contributed by atoms with Gasteiger partial charge in [0.2, 0.25) is 0 Å². The number of alkyl halides is 2. The number of rotatable bonds is 1. The van der Waals surface area contributed by atoms with E-state index in [0.29, 0.717) is 19.4 Å². The summed E-state index contributed by atoms with van der Waals surface area (Å²) in [6, 6.07) is 11.5. The maximum absolute atomic E-state index is 15.8. The van der Waals surface area contributed by atoms with Crippen molar-refractivity contribution in [2.24, 2.45) is 5.92 Å². The fraction of sp³-hybridized carbons (Fsp3) is 0.571. The van der Waals surface area contributed by atoms with Crippen LogP contribution in [0.15, 0.2) is 42.7 Å². The second kappa shape index (κ2) is 14.0. The summed E-state index contributed by atoms with van der Waals surface area (Å²) in [6.45, 7) is 5.08.